The van der Waals surface area contributed by atoms with Crippen molar-refractivity contribution in [3.05, 3.63) is 16.7 Å². The fourth-order valence-electron chi connectivity index (χ4n) is 1.57. The monoisotopic (exact) mass is 239 g/mol. The van der Waals surface area contributed by atoms with Crippen molar-refractivity contribution in [2.45, 2.75) is 12.8 Å². The molecule has 17 heavy (non-hydrogen) atoms. The normalized spacial score (nSPS) is 16.3. The molecule has 7 heteroatoms. The third-order valence-electron chi connectivity index (χ3n) is 2.92. The minimum atomic E-state index is -0.825. The smallest absolute Gasteiger partial charge is 0.311 e. The summed E-state index contributed by atoms with van der Waals surface area (Å²) in [5.74, 6) is -0.494. The van der Waals surface area contributed by atoms with Gasteiger partial charge in [0.15, 0.2) is 5.82 Å². The number of aromatic nitrogens is 2. The van der Waals surface area contributed by atoms with Gasteiger partial charge in [0.2, 0.25) is 5.75 Å². The van der Waals surface area contributed by atoms with E-state index in [2.05, 4.69) is 15.3 Å². The third-order valence-corrected chi connectivity index (χ3v) is 2.92. The summed E-state index contributed by atoms with van der Waals surface area (Å²) in [6.45, 7) is 0.245. The summed E-state index contributed by atoms with van der Waals surface area (Å²) in [5, 5.41) is 11.9. The summed E-state index contributed by atoms with van der Waals surface area (Å²) in [5.41, 5.74) is -1.11. The number of aliphatic carboxylic acids is 1. The Kier molecular flexibility index (Phi) is 2.74. The molecule has 0 aromatic carbocycles. The maximum absolute atomic E-state index is 11.4. The minimum Gasteiger partial charge on any atom is -0.489 e. The first kappa shape index (κ1) is 11.4. The topological polar surface area (TPSA) is 104 Å². The summed E-state index contributed by atoms with van der Waals surface area (Å²) in [4.78, 5) is 28.6. The fraction of sp³-hybridized carbons (Fsp3) is 0.500. The van der Waals surface area contributed by atoms with Crippen molar-refractivity contribution in [1.82, 2.24) is 9.97 Å². The Bertz CT molecular complexity index is 493. The second-order valence-corrected chi connectivity index (χ2v) is 4.05. The van der Waals surface area contributed by atoms with E-state index in [9.17, 15) is 9.59 Å². The lowest BCUT2D eigenvalue weighted by Crippen LogP contribution is -2.25. The van der Waals surface area contributed by atoms with Crippen molar-refractivity contribution < 1.29 is 14.6 Å². The van der Waals surface area contributed by atoms with Crippen LogP contribution in [0.5, 0.6) is 5.75 Å². The van der Waals surface area contributed by atoms with Crippen molar-refractivity contribution in [3.8, 4) is 5.75 Å². The standard InChI is InChI=1S/C10H13N3O4/c1-17-6-7(12-5-13-8(6)14)11-4-10(2-3-10)9(15)16/h5H,2-4H2,1H3,(H,15,16)(H2,11,12,13,14). The molecule has 0 saturated heterocycles. The van der Waals surface area contributed by atoms with Crippen molar-refractivity contribution in [2.75, 3.05) is 19.0 Å². The van der Waals surface area contributed by atoms with Crippen LogP contribution in [0, 0.1) is 5.41 Å². The second-order valence-electron chi connectivity index (χ2n) is 4.05. The molecule has 0 radical (unpaired) electrons. The first-order valence-corrected chi connectivity index (χ1v) is 5.18. The molecule has 1 heterocycles. The lowest BCUT2D eigenvalue weighted by molar-refractivity contribution is -0.142. The van der Waals surface area contributed by atoms with E-state index in [1.54, 1.807) is 0 Å². The van der Waals surface area contributed by atoms with E-state index in [0.29, 0.717) is 12.8 Å². The first-order valence-electron chi connectivity index (χ1n) is 5.18. The number of methoxy groups -OCH3 is 1. The van der Waals surface area contributed by atoms with E-state index in [4.69, 9.17) is 9.84 Å². The van der Waals surface area contributed by atoms with Crippen LogP contribution in [0.4, 0.5) is 5.82 Å². The largest absolute Gasteiger partial charge is 0.489 e. The summed E-state index contributed by atoms with van der Waals surface area (Å²) < 4.78 is 4.91. The molecule has 92 valence electrons. The number of hydrogen-bond acceptors (Lipinski definition) is 5. The Balaban J connectivity index is 2.12. The molecule has 2 rings (SSSR count). The van der Waals surface area contributed by atoms with Crippen LogP contribution in [0.2, 0.25) is 0 Å². The van der Waals surface area contributed by atoms with E-state index in [1.807, 2.05) is 0 Å². The summed E-state index contributed by atoms with van der Waals surface area (Å²) >= 11 is 0. The van der Waals surface area contributed by atoms with E-state index in [0.717, 1.165) is 0 Å². The van der Waals surface area contributed by atoms with E-state index < -0.39 is 16.9 Å². The highest BCUT2D eigenvalue weighted by atomic mass is 16.5. The zero-order valence-corrected chi connectivity index (χ0v) is 9.32. The number of carbonyl (C=O) groups is 1. The summed E-state index contributed by atoms with van der Waals surface area (Å²) in [7, 11) is 1.36. The molecule has 0 aliphatic heterocycles. The molecule has 7 nitrogen and oxygen atoms in total. The van der Waals surface area contributed by atoms with Gasteiger partial charge in [-0.25, -0.2) is 4.98 Å². The van der Waals surface area contributed by atoms with Crippen LogP contribution in [0.3, 0.4) is 0 Å². The number of rotatable bonds is 5. The molecule has 0 amide bonds. The molecule has 0 bridgehead atoms. The number of H-pyrrole nitrogens is 1. The molecule has 0 spiro atoms. The molecule has 3 N–H and O–H groups in total. The summed E-state index contributed by atoms with van der Waals surface area (Å²) in [6, 6.07) is 0. The van der Waals surface area contributed by atoms with Gasteiger partial charge in [0.05, 0.1) is 18.9 Å². The van der Waals surface area contributed by atoms with Crippen molar-refractivity contribution in [1.29, 1.82) is 0 Å². The number of nitrogens with one attached hydrogen (secondary N) is 2. The average Bonchev–Trinajstić information content (AvgIpc) is 3.07. The lowest BCUT2D eigenvalue weighted by Gasteiger charge is -2.12. The van der Waals surface area contributed by atoms with Gasteiger partial charge < -0.3 is 20.1 Å². The number of aromatic amines is 1. The van der Waals surface area contributed by atoms with Gasteiger partial charge >= 0.3 is 5.97 Å². The number of ether oxygens (including phenoxy) is 1. The van der Waals surface area contributed by atoms with Crippen LogP contribution < -0.4 is 15.6 Å². The molecule has 1 aromatic heterocycles. The Hall–Kier alpha value is -2.05. The van der Waals surface area contributed by atoms with E-state index in [-0.39, 0.29) is 18.1 Å². The zero-order valence-electron chi connectivity index (χ0n) is 9.32. The maximum atomic E-state index is 11.4. The van der Waals surface area contributed by atoms with Gasteiger partial charge in [0.25, 0.3) is 5.56 Å². The molecular weight excluding hydrogens is 226 g/mol. The highest BCUT2D eigenvalue weighted by Crippen LogP contribution is 2.45. The average molecular weight is 239 g/mol. The maximum Gasteiger partial charge on any atom is 0.311 e. The molecule has 1 aliphatic rings. The van der Waals surface area contributed by atoms with Crippen LogP contribution in [0.1, 0.15) is 12.8 Å². The molecule has 0 atom stereocenters. The number of anilines is 1. The first-order chi connectivity index (χ1) is 8.09. The number of hydrogen-bond donors (Lipinski definition) is 3. The Morgan fingerprint density at radius 3 is 2.94 bits per heavy atom. The number of carboxylic acid groups (broad SMARTS) is 1. The highest BCUT2D eigenvalue weighted by molar-refractivity contribution is 5.78. The van der Waals surface area contributed by atoms with Crippen molar-refractivity contribution in [2.24, 2.45) is 5.41 Å². The van der Waals surface area contributed by atoms with Gasteiger partial charge in [-0.3, -0.25) is 9.59 Å². The van der Waals surface area contributed by atoms with Gasteiger partial charge in [-0.05, 0) is 12.8 Å². The molecule has 1 aliphatic carbocycles. The number of carboxylic acids is 1. The van der Waals surface area contributed by atoms with Gasteiger partial charge in [-0.2, -0.15) is 0 Å². The van der Waals surface area contributed by atoms with Gasteiger partial charge in [-0.1, -0.05) is 0 Å². The molecule has 1 fully saturated rings. The zero-order chi connectivity index (χ0) is 12.5. The summed E-state index contributed by atoms with van der Waals surface area (Å²) in [6.07, 6.45) is 2.52. The predicted molar refractivity (Wildman–Crippen MR) is 59.2 cm³/mol. The van der Waals surface area contributed by atoms with Crippen molar-refractivity contribution in [3.63, 3.8) is 0 Å². The van der Waals surface area contributed by atoms with E-state index >= 15 is 0 Å². The Morgan fingerprint density at radius 1 is 1.71 bits per heavy atom. The highest BCUT2D eigenvalue weighted by Gasteiger charge is 2.50. The van der Waals surface area contributed by atoms with Gasteiger partial charge in [-0.15, -0.1) is 0 Å². The molecule has 0 unspecified atom stereocenters. The van der Waals surface area contributed by atoms with Crippen LogP contribution in [-0.2, 0) is 4.79 Å². The van der Waals surface area contributed by atoms with Crippen LogP contribution in [-0.4, -0.2) is 34.7 Å². The molecule has 1 aromatic rings. The lowest BCUT2D eigenvalue weighted by atomic mass is 10.1. The fourth-order valence-corrected chi connectivity index (χ4v) is 1.57. The van der Waals surface area contributed by atoms with Crippen molar-refractivity contribution >= 4 is 11.8 Å². The Morgan fingerprint density at radius 2 is 2.41 bits per heavy atom. The number of nitrogens with zero attached hydrogens (tertiary/aromatic N) is 1. The Labute approximate surface area is 96.8 Å². The third kappa shape index (κ3) is 2.08. The second kappa shape index (κ2) is 4.08. The molecule has 1 saturated carbocycles. The SMILES string of the molecule is COc1c(NCC2(C(=O)O)CC2)nc[nH]c1=O. The van der Waals surface area contributed by atoms with Gasteiger partial charge in [0.1, 0.15) is 0 Å². The van der Waals surface area contributed by atoms with E-state index in [1.165, 1.54) is 13.4 Å². The van der Waals surface area contributed by atoms with Crippen LogP contribution >= 0.6 is 0 Å². The molecular formula is C10H13N3O4. The predicted octanol–water partition coefficient (Wildman–Crippen LogP) is 0.0552. The van der Waals surface area contributed by atoms with Crippen LogP contribution in [0.25, 0.3) is 0 Å². The van der Waals surface area contributed by atoms with Gasteiger partial charge in [0, 0.05) is 6.54 Å². The van der Waals surface area contributed by atoms with Crippen LogP contribution in [0.15, 0.2) is 11.1 Å². The minimum absolute atomic E-state index is 0.0636. The quantitative estimate of drug-likeness (QED) is 0.671.